The zero-order valence-electron chi connectivity index (χ0n) is 13.2. The zero-order valence-corrected chi connectivity index (χ0v) is 13.2. The van der Waals surface area contributed by atoms with Crippen molar-refractivity contribution in [3.05, 3.63) is 29.8 Å². The summed E-state index contributed by atoms with van der Waals surface area (Å²) in [4.78, 5) is 10.9. The summed E-state index contributed by atoms with van der Waals surface area (Å²) in [6.45, 7) is 0.703. The second-order valence-electron chi connectivity index (χ2n) is 5.52. The molecule has 1 amide bonds. The number of primary amides is 1. The molecule has 0 aliphatic rings. The van der Waals surface area contributed by atoms with Crippen LogP contribution in [0, 0.1) is 11.3 Å². The summed E-state index contributed by atoms with van der Waals surface area (Å²) in [5.41, 5.74) is 6.08. The van der Waals surface area contributed by atoms with Crippen molar-refractivity contribution in [2.75, 3.05) is 6.61 Å². The number of hydrogen-bond donors (Lipinski definition) is 1. The fourth-order valence-corrected chi connectivity index (χ4v) is 2.33. The molecule has 0 radical (unpaired) electrons. The van der Waals surface area contributed by atoms with E-state index in [4.69, 9.17) is 15.7 Å². The van der Waals surface area contributed by atoms with E-state index in [-0.39, 0.29) is 12.3 Å². The zero-order chi connectivity index (χ0) is 16.0. The Morgan fingerprint density at radius 2 is 1.77 bits per heavy atom. The van der Waals surface area contributed by atoms with Crippen molar-refractivity contribution in [1.82, 2.24) is 0 Å². The van der Waals surface area contributed by atoms with Crippen molar-refractivity contribution in [2.24, 2.45) is 5.73 Å². The van der Waals surface area contributed by atoms with Crippen LogP contribution in [0.15, 0.2) is 24.3 Å². The van der Waals surface area contributed by atoms with Gasteiger partial charge in [0.25, 0.3) is 0 Å². The number of nitriles is 1. The van der Waals surface area contributed by atoms with Gasteiger partial charge in [0.2, 0.25) is 5.91 Å². The highest BCUT2D eigenvalue weighted by molar-refractivity contribution is 5.76. The molecule has 0 bridgehead atoms. The third-order valence-corrected chi connectivity index (χ3v) is 3.48. The van der Waals surface area contributed by atoms with Gasteiger partial charge >= 0.3 is 0 Å². The smallest absolute Gasteiger partial charge is 0.221 e. The van der Waals surface area contributed by atoms with Crippen molar-refractivity contribution < 1.29 is 9.53 Å². The molecule has 0 saturated carbocycles. The summed E-state index contributed by atoms with van der Waals surface area (Å²) in [7, 11) is 0. The lowest BCUT2D eigenvalue weighted by Crippen LogP contribution is -2.13. The minimum atomic E-state index is -0.327. The molecule has 0 aromatic heterocycles. The Balaban J connectivity index is 2.05. The number of ether oxygens (including phenoxy) is 1. The van der Waals surface area contributed by atoms with Crippen molar-refractivity contribution in [3.8, 4) is 11.8 Å². The van der Waals surface area contributed by atoms with E-state index >= 15 is 0 Å². The monoisotopic (exact) mass is 302 g/mol. The molecule has 22 heavy (non-hydrogen) atoms. The van der Waals surface area contributed by atoms with Crippen molar-refractivity contribution in [2.45, 2.75) is 57.8 Å². The number of carbonyl (C=O) groups is 1. The van der Waals surface area contributed by atoms with Crippen LogP contribution in [0.1, 0.15) is 56.9 Å². The predicted molar refractivity (Wildman–Crippen MR) is 87.4 cm³/mol. The molecule has 0 heterocycles. The van der Waals surface area contributed by atoms with E-state index in [0.717, 1.165) is 30.6 Å². The van der Waals surface area contributed by atoms with Crippen LogP contribution in [0.2, 0.25) is 0 Å². The molecule has 0 aliphatic heterocycles. The number of benzene rings is 1. The molecule has 0 saturated heterocycles. The summed E-state index contributed by atoms with van der Waals surface area (Å²) in [5, 5.41) is 8.43. The Morgan fingerprint density at radius 3 is 2.45 bits per heavy atom. The van der Waals surface area contributed by atoms with Gasteiger partial charge in [-0.3, -0.25) is 4.79 Å². The number of amides is 1. The number of nitrogens with zero attached hydrogens (tertiary/aromatic N) is 1. The molecule has 1 rings (SSSR count). The van der Waals surface area contributed by atoms with E-state index < -0.39 is 0 Å². The van der Waals surface area contributed by atoms with Gasteiger partial charge in [0.05, 0.1) is 19.1 Å². The summed E-state index contributed by atoms with van der Waals surface area (Å²) < 4.78 is 5.70. The molecular formula is C18H26N2O2. The van der Waals surface area contributed by atoms with Crippen LogP contribution in [-0.4, -0.2) is 12.5 Å². The lowest BCUT2D eigenvalue weighted by Gasteiger charge is -2.07. The van der Waals surface area contributed by atoms with E-state index in [0.29, 0.717) is 13.0 Å². The number of unbranched alkanes of at least 4 members (excludes halogenated alkanes) is 7. The minimum Gasteiger partial charge on any atom is -0.494 e. The Bertz CT molecular complexity index is 480. The van der Waals surface area contributed by atoms with E-state index in [1.54, 1.807) is 0 Å². The van der Waals surface area contributed by atoms with Gasteiger partial charge in [0.1, 0.15) is 5.75 Å². The summed E-state index contributed by atoms with van der Waals surface area (Å²) in [6.07, 6.45) is 9.01. The first-order valence-corrected chi connectivity index (χ1v) is 8.09. The highest BCUT2D eigenvalue weighted by Crippen LogP contribution is 2.15. The molecule has 0 aliphatic carbocycles. The van der Waals surface area contributed by atoms with E-state index in [1.807, 2.05) is 24.3 Å². The normalized spacial score (nSPS) is 10.1. The van der Waals surface area contributed by atoms with Crippen molar-refractivity contribution in [3.63, 3.8) is 0 Å². The van der Waals surface area contributed by atoms with Gasteiger partial charge in [-0.15, -0.1) is 0 Å². The minimum absolute atomic E-state index is 0.253. The van der Waals surface area contributed by atoms with Crippen LogP contribution in [0.25, 0.3) is 0 Å². The van der Waals surface area contributed by atoms with Gasteiger partial charge in [0, 0.05) is 6.42 Å². The second-order valence-corrected chi connectivity index (χ2v) is 5.52. The first-order chi connectivity index (χ1) is 10.7. The Labute approximate surface area is 133 Å². The number of rotatable bonds is 12. The Morgan fingerprint density at radius 1 is 1.09 bits per heavy atom. The molecule has 0 atom stereocenters. The molecule has 0 spiro atoms. The number of carbonyl (C=O) groups excluding carboxylic acids is 1. The largest absolute Gasteiger partial charge is 0.494 e. The highest BCUT2D eigenvalue weighted by Gasteiger charge is 2.00. The topological polar surface area (TPSA) is 76.1 Å². The van der Waals surface area contributed by atoms with Crippen LogP contribution in [0.3, 0.4) is 0 Å². The van der Waals surface area contributed by atoms with Gasteiger partial charge in [-0.05, 0) is 30.5 Å². The maximum Gasteiger partial charge on any atom is 0.221 e. The van der Waals surface area contributed by atoms with Gasteiger partial charge in [0.15, 0.2) is 0 Å². The Hall–Kier alpha value is -2.02. The molecular weight excluding hydrogens is 276 g/mol. The van der Waals surface area contributed by atoms with Crippen LogP contribution < -0.4 is 10.5 Å². The average Bonchev–Trinajstić information content (AvgIpc) is 2.49. The Kier molecular flexibility index (Phi) is 9.52. The van der Waals surface area contributed by atoms with E-state index in [9.17, 15) is 4.79 Å². The first kappa shape index (κ1) is 18.0. The van der Waals surface area contributed by atoms with Crippen LogP contribution in [-0.2, 0) is 11.2 Å². The molecule has 0 fully saturated rings. The number of hydrogen-bond acceptors (Lipinski definition) is 3. The van der Waals surface area contributed by atoms with Crippen LogP contribution in [0.5, 0.6) is 5.75 Å². The fraction of sp³-hybridized carbons (Fsp3) is 0.556. The maximum absolute atomic E-state index is 10.9. The van der Waals surface area contributed by atoms with E-state index in [2.05, 4.69) is 6.07 Å². The van der Waals surface area contributed by atoms with Gasteiger partial charge < -0.3 is 10.5 Å². The van der Waals surface area contributed by atoms with Gasteiger partial charge in [-0.2, -0.15) is 5.26 Å². The SMILES string of the molecule is N#CCCCCCCCCCOc1cccc(CC(N)=O)c1. The molecule has 2 N–H and O–H groups in total. The van der Waals surface area contributed by atoms with Crippen molar-refractivity contribution >= 4 is 5.91 Å². The highest BCUT2D eigenvalue weighted by atomic mass is 16.5. The molecule has 120 valence electrons. The molecule has 4 nitrogen and oxygen atoms in total. The quantitative estimate of drug-likeness (QED) is 0.597. The average molecular weight is 302 g/mol. The first-order valence-electron chi connectivity index (χ1n) is 8.09. The summed E-state index contributed by atoms with van der Waals surface area (Å²) in [5.74, 6) is 0.474. The second kappa shape index (κ2) is 11.6. The van der Waals surface area contributed by atoms with Crippen LogP contribution in [0.4, 0.5) is 0 Å². The lowest BCUT2D eigenvalue weighted by atomic mass is 10.1. The van der Waals surface area contributed by atoms with Crippen molar-refractivity contribution in [1.29, 1.82) is 5.26 Å². The number of nitrogens with two attached hydrogens (primary N) is 1. The predicted octanol–water partition coefficient (Wildman–Crippen LogP) is 3.74. The molecule has 4 heteroatoms. The maximum atomic E-state index is 10.9. The molecule has 1 aromatic rings. The molecule has 1 aromatic carbocycles. The van der Waals surface area contributed by atoms with Crippen LogP contribution >= 0.6 is 0 Å². The lowest BCUT2D eigenvalue weighted by molar-refractivity contribution is -0.117. The summed E-state index contributed by atoms with van der Waals surface area (Å²) in [6, 6.07) is 9.71. The fourth-order valence-electron chi connectivity index (χ4n) is 2.33. The third-order valence-electron chi connectivity index (χ3n) is 3.48. The third kappa shape index (κ3) is 9.02. The summed E-state index contributed by atoms with van der Waals surface area (Å²) >= 11 is 0. The van der Waals surface area contributed by atoms with Gasteiger partial charge in [-0.1, -0.05) is 44.2 Å². The standard InChI is InChI=1S/C18H26N2O2/c19-12-7-5-3-1-2-4-6-8-13-22-17-11-9-10-16(14-17)15-18(20)21/h9-11,14H,1-8,13,15H2,(H2,20,21). The van der Waals surface area contributed by atoms with E-state index in [1.165, 1.54) is 25.7 Å². The van der Waals surface area contributed by atoms with Gasteiger partial charge in [-0.25, -0.2) is 0 Å². The molecule has 0 unspecified atom stereocenters.